The molecule has 0 spiro atoms. The Morgan fingerprint density at radius 2 is 2.08 bits per heavy atom. The SMILES string of the molecule is C1=CCC=c2ccncc2=C1.CC. The predicted octanol–water partition coefficient (Wildman–Crippen LogP) is 1.63. The van der Waals surface area contributed by atoms with E-state index in [1.165, 1.54) is 10.4 Å². The number of hydrogen-bond donors (Lipinski definition) is 0. The lowest BCUT2D eigenvalue weighted by Gasteiger charge is -1.84. The molecule has 1 aliphatic carbocycles. The quantitative estimate of drug-likeness (QED) is 0.581. The highest BCUT2D eigenvalue weighted by atomic mass is 14.6. The summed E-state index contributed by atoms with van der Waals surface area (Å²) in [5.74, 6) is 0. The highest BCUT2D eigenvalue weighted by Gasteiger charge is 1.85. The van der Waals surface area contributed by atoms with Crippen molar-refractivity contribution in [2.75, 3.05) is 0 Å². The van der Waals surface area contributed by atoms with Crippen LogP contribution in [0.3, 0.4) is 0 Å². The number of fused-ring (bicyclic) bond motifs is 1. The van der Waals surface area contributed by atoms with Crippen LogP contribution >= 0.6 is 0 Å². The second-order valence-electron chi connectivity index (χ2n) is 2.54. The number of nitrogens with zero attached hydrogens (tertiary/aromatic N) is 1. The van der Waals surface area contributed by atoms with Gasteiger partial charge in [-0.2, -0.15) is 0 Å². The molecule has 0 fully saturated rings. The first-order valence-electron chi connectivity index (χ1n) is 4.74. The van der Waals surface area contributed by atoms with Gasteiger partial charge in [-0.05, 0) is 22.9 Å². The van der Waals surface area contributed by atoms with Crippen LogP contribution in [0.4, 0.5) is 0 Å². The van der Waals surface area contributed by atoms with E-state index < -0.39 is 0 Å². The van der Waals surface area contributed by atoms with Crippen LogP contribution in [0.15, 0.2) is 30.6 Å². The van der Waals surface area contributed by atoms with Crippen molar-refractivity contribution < 1.29 is 0 Å². The van der Waals surface area contributed by atoms with Gasteiger partial charge >= 0.3 is 0 Å². The molecule has 1 nitrogen and oxygen atoms in total. The van der Waals surface area contributed by atoms with E-state index in [1.807, 2.05) is 32.3 Å². The summed E-state index contributed by atoms with van der Waals surface area (Å²) in [5.41, 5.74) is 0. The Hall–Kier alpha value is -1.37. The van der Waals surface area contributed by atoms with E-state index >= 15 is 0 Å². The van der Waals surface area contributed by atoms with E-state index in [4.69, 9.17) is 0 Å². The molecular formula is C12H15N. The van der Waals surface area contributed by atoms with Crippen LogP contribution in [0.2, 0.25) is 0 Å². The maximum atomic E-state index is 4.05. The lowest BCUT2D eigenvalue weighted by Crippen LogP contribution is -2.23. The molecule has 2 rings (SSSR count). The first kappa shape index (κ1) is 9.72. The third kappa shape index (κ3) is 2.55. The van der Waals surface area contributed by atoms with Gasteiger partial charge in [-0.3, -0.25) is 4.98 Å². The largest absolute Gasteiger partial charge is 0.264 e. The third-order valence-corrected chi connectivity index (χ3v) is 1.77. The van der Waals surface area contributed by atoms with Crippen molar-refractivity contribution in [3.63, 3.8) is 0 Å². The van der Waals surface area contributed by atoms with Crippen LogP contribution in [0, 0.1) is 0 Å². The van der Waals surface area contributed by atoms with Crippen LogP contribution in [-0.2, 0) is 0 Å². The van der Waals surface area contributed by atoms with Crippen LogP contribution in [-0.4, -0.2) is 4.98 Å². The normalized spacial score (nSPS) is 12.5. The minimum atomic E-state index is 1.02. The van der Waals surface area contributed by atoms with E-state index in [-0.39, 0.29) is 0 Å². The van der Waals surface area contributed by atoms with Crippen molar-refractivity contribution in [1.29, 1.82) is 0 Å². The molecule has 0 aromatic carbocycles. The Kier molecular flexibility index (Phi) is 3.97. The zero-order chi connectivity index (χ0) is 9.52. The Morgan fingerprint density at radius 3 is 2.92 bits per heavy atom. The van der Waals surface area contributed by atoms with Crippen molar-refractivity contribution in [2.24, 2.45) is 0 Å². The molecule has 1 heteroatoms. The highest BCUT2D eigenvalue weighted by Crippen LogP contribution is 1.87. The lowest BCUT2D eigenvalue weighted by atomic mass is 10.3. The van der Waals surface area contributed by atoms with Crippen molar-refractivity contribution in [2.45, 2.75) is 20.3 Å². The molecule has 0 bridgehead atoms. The second kappa shape index (κ2) is 5.31. The van der Waals surface area contributed by atoms with E-state index in [0.29, 0.717) is 0 Å². The number of aromatic nitrogens is 1. The molecule has 0 N–H and O–H groups in total. The van der Waals surface area contributed by atoms with Crippen LogP contribution in [0.5, 0.6) is 0 Å². The lowest BCUT2D eigenvalue weighted by molar-refractivity contribution is 1.27. The molecular weight excluding hydrogens is 158 g/mol. The molecule has 0 saturated carbocycles. The van der Waals surface area contributed by atoms with Gasteiger partial charge in [0.15, 0.2) is 0 Å². The van der Waals surface area contributed by atoms with Gasteiger partial charge in [-0.15, -0.1) is 0 Å². The first-order valence-corrected chi connectivity index (χ1v) is 4.74. The minimum absolute atomic E-state index is 1.02. The van der Waals surface area contributed by atoms with Crippen LogP contribution in [0.1, 0.15) is 20.3 Å². The van der Waals surface area contributed by atoms with Gasteiger partial charge in [-0.25, -0.2) is 0 Å². The molecule has 1 aromatic heterocycles. The Bertz CT molecular complexity index is 388. The molecule has 0 unspecified atom stereocenters. The summed E-state index contributed by atoms with van der Waals surface area (Å²) in [6, 6.07) is 2.04. The fraction of sp³-hybridized carbons (Fsp3) is 0.250. The summed E-state index contributed by atoms with van der Waals surface area (Å²) in [4.78, 5) is 4.05. The monoisotopic (exact) mass is 173 g/mol. The standard InChI is InChI=1S/C10H9N.C2H6/c1-2-4-9-6-7-11-8-10(9)5-3-1;1-2/h1,3-8H,2H2;1-2H3. The zero-order valence-electron chi connectivity index (χ0n) is 8.20. The smallest absolute Gasteiger partial charge is 0.0346 e. The van der Waals surface area contributed by atoms with Gasteiger partial charge in [0.1, 0.15) is 0 Å². The van der Waals surface area contributed by atoms with Crippen LogP contribution < -0.4 is 10.4 Å². The van der Waals surface area contributed by atoms with E-state index in [2.05, 4.69) is 29.3 Å². The molecule has 13 heavy (non-hydrogen) atoms. The molecule has 0 amide bonds. The van der Waals surface area contributed by atoms with Gasteiger partial charge < -0.3 is 0 Å². The van der Waals surface area contributed by atoms with E-state index in [1.54, 1.807) is 0 Å². The van der Waals surface area contributed by atoms with Crippen LogP contribution in [0.25, 0.3) is 12.2 Å². The van der Waals surface area contributed by atoms with Gasteiger partial charge in [0, 0.05) is 12.4 Å². The summed E-state index contributed by atoms with van der Waals surface area (Å²) in [6.07, 6.45) is 13.2. The van der Waals surface area contributed by atoms with E-state index in [9.17, 15) is 0 Å². The fourth-order valence-electron chi connectivity index (χ4n) is 1.19. The van der Waals surface area contributed by atoms with Gasteiger partial charge in [0.05, 0.1) is 0 Å². The summed E-state index contributed by atoms with van der Waals surface area (Å²) in [5, 5.41) is 2.49. The summed E-state index contributed by atoms with van der Waals surface area (Å²) in [6.45, 7) is 4.00. The van der Waals surface area contributed by atoms with Crippen molar-refractivity contribution in [1.82, 2.24) is 4.98 Å². The first-order chi connectivity index (χ1) is 6.47. The Balaban J connectivity index is 0.000000396. The Morgan fingerprint density at radius 1 is 1.23 bits per heavy atom. The average molecular weight is 173 g/mol. The molecule has 68 valence electrons. The summed E-state index contributed by atoms with van der Waals surface area (Å²) >= 11 is 0. The van der Waals surface area contributed by atoms with Crippen molar-refractivity contribution in [3.8, 4) is 0 Å². The molecule has 0 radical (unpaired) electrons. The number of rotatable bonds is 0. The summed E-state index contributed by atoms with van der Waals surface area (Å²) in [7, 11) is 0. The number of allylic oxidation sites excluding steroid dienone is 2. The highest BCUT2D eigenvalue weighted by molar-refractivity contribution is 5.43. The number of hydrogen-bond acceptors (Lipinski definition) is 1. The summed E-state index contributed by atoms with van der Waals surface area (Å²) < 4.78 is 0. The minimum Gasteiger partial charge on any atom is -0.264 e. The molecule has 0 atom stereocenters. The topological polar surface area (TPSA) is 12.9 Å². The fourth-order valence-corrected chi connectivity index (χ4v) is 1.19. The van der Waals surface area contributed by atoms with Crippen molar-refractivity contribution in [3.05, 3.63) is 41.0 Å². The predicted molar refractivity (Wildman–Crippen MR) is 57.5 cm³/mol. The molecule has 0 saturated heterocycles. The molecule has 1 aromatic rings. The maximum Gasteiger partial charge on any atom is 0.0346 e. The number of pyridine rings is 1. The van der Waals surface area contributed by atoms with E-state index in [0.717, 1.165) is 6.42 Å². The molecule has 1 heterocycles. The Labute approximate surface area is 79.1 Å². The maximum absolute atomic E-state index is 4.05. The third-order valence-electron chi connectivity index (χ3n) is 1.77. The van der Waals surface area contributed by atoms with Gasteiger partial charge in [0.2, 0.25) is 0 Å². The van der Waals surface area contributed by atoms with Gasteiger partial charge in [0.25, 0.3) is 0 Å². The van der Waals surface area contributed by atoms with Crippen molar-refractivity contribution >= 4 is 12.2 Å². The zero-order valence-corrected chi connectivity index (χ0v) is 8.20. The molecule has 0 aliphatic heterocycles. The molecule has 1 aliphatic rings. The average Bonchev–Trinajstić information content (AvgIpc) is 2.45. The second-order valence-corrected chi connectivity index (χ2v) is 2.54. The van der Waals surface area contributed by atoms with Gasteiger partial charge in [-0.1, -0.05) is 38.2 Å².